The van der Waals surface area contributed by atoms with E-state index in [4.69, 9.17) is 39.6 Å². The van der Waals surface area contributed by atoms with E-state index in [1.54, 1.807) is 0 Å². The molecule has 0 aromatic heterocycles. The van der Waals surface area contributed by atoms with E-state index >= 15 is 0 Å². The third-order valence-electron chi connectivity index (χ3n) is 0. The van der Waals surface area contributed by atoms with Gasteiger partial charge in [0.15, 0.2) is 0 Å². The van der Waals surface area contributed by atoms with Crippen LogP contribution in [-0.4, -0.2) is 51.2 Å². The molecule has 0 bridgehead atoms. The fraction of sp³-hybridized carbons (Fsp3) is 0.500. The van der Waals surface area contributed by atoms with Crippen molar-refractivity contribution in [3.05, 3.63) is 0 Å². The van der Waals surface area contributed by atoms with Crippen LogP contribution in [0.2, 0.25) is 0 Å². The van der Waals surface area contributed by atoms with Crippen LogP contribution in [-0.2, 0) is 32.7 Å². The van der Waals surface area contributed by atoms with Crippen LogP contribution in [0.4, 0.5) is 0 Å². The number of carboxylic acids is 4. The molecule has 0 aromatic rings. The summed E-state index contributed by atoms with van der Waals surface area (Å²) in [6, 6.07) is 0. The van der Waals surface area contributed by atoms with Crippen molar-refractivity contribution < 1.29 is 39.6 Å². The number of hydrogen-bond acceptors (Lipinski definition) is 8. The molecule has 0 saturated carbocycles. The summed E-state index contributed by atoms with van der Waals surface area (Å²) in [5.41, 5.74) is 0. The summed E-state index contributed by atoms with van der Waals surface area (Å²) in [6.07, 6.45) is 0. The molecule has 0 fully saturated rings. The van der Waals surface area contributed by atoms with Gasteiger partial charge in [-0.2, -0.15) is 0 Å². The molecule has 18 heavy (non-hydrogen) atoms. The normalized spacial score (nSPS) is 5.56. The molecule has 0 aromatic carbocycles. The van der Waals surface area contributed by atoms with Gasteiger partial charge in [-0.1, -0.05) is 0 Å². The Morgan fingerprint density at radius 3 is 0.556 bits per heavy atom. The van der Waals surface area contributed by atoms with Crippen molar-refractivity contribution in [3.63, 3.8) is 0 Å². The number of carboxylic acid groups (broad SMARTS) is 4. The summed E-state index contributed by atoms with van der Waals surface area (Å²) in [7, 11) is 0. The summed E-state index contributed by atoms with van der Waals surface area (Å²) in [5.74, 6) is -4.33. The standard InChI is InChI=1S/4C2H4O2.Pb.H4S/c4*1-2(3)4;;/h4*1H3,(H,3,4);;1H4/q;;;;2*+2/p-4. The van der Waals surface area contributed by atoms with Gasteiger partial charge in [0, 0.05) is 23.9 Å². The minimum atomic E-state index is -1.08. The number of carbonyl (C=O) groups excluding carboxylic acids is 4. The van der Waals surface area contributed by atoms with Crippen molar-refractivity contribution in [2.24, 2.45) is 0 Å². The molecule has 0 aliphatic heterocycles. The molecule has 0 spiro atoms. The van der Waals surface area contributed by atoms with Gasteiger partial charge in [0.2, 0.25) is 0 Å². The number of rotatable bonds is 0. The van der Waals surface area contributed by atoms with Crippen LogP contribution in [0.15, 0.2) is 0 Å². The molecule has 0 aliphatic carbocycles. The molecule has 0 unspecified atom stereocenters. The van der Waals surface area contributed by atoms with Crippen LogP contribution in [0.3, 0.4) is 0 Å². The van der Waals surface area contributed by atoms with E-state index in [-0.39, 0.29) is 40.8 Å². The van der Waals surface area contributed by atoms with Crippen molar-refractivity contribution in [3.8, 4) is 0 Å². The first-order chi connectivity index (χ1) is 6.93. The fourth-order valence-corrected chi connectivity index (χ4v) is 0. The molecule has 0 N–H and O–H groups in total. The molecule has 0 saturated heterocycles. The Morgan fingerprint density at radius 2 is 0.556 bits per heavy atom. The summed E-state index contributed by atoms with van der Waals surface area (Å²) in [4.78, 5) is 35.6. The van der Waals surface area contributed by atoms with Crippen molar-refractivity contribution >= 4 is 64.7 Å². The Hall–Kier alpha value is -0.848. The predicted molar refractivity (Wildman–Crippen MR) is 61.4 cm³/mol. The van der Waals surface area contributed by atoms with E-state index in [0.717, 1.165) is 27.7 Å². The molecule has 0 heterocycles. The van der Waals surface area contributed by atoms with Crippen LogP contribution >= 0.6 is 0 Å². The van der Waals surface area contributed by atoms with Gasteiger partial charge in [-0.15, -0.1) is 0 Å². The maximum absolute atomic E-state index is 8.89. The zero-order chi connectivity index (χ0) is 14.3. The van der Waals surface area contributed by atoms with Crippen LogP contribution < -0.4 is 20.4 Å². The van der Waals surface area contributed by atoms with Gasteiger partial charge in [0.05, 0.1) is 0 Å². The van der Waals surface area contributed by atoms with E-state index in [2.05, 4.69) is 0 Å². The quantitative estimate of drug-likeness (QED) is 0.310. The third-order valence-corrected chi connectivity index (χ3v) is 0. The van der Waals surface area contributed by atoms with E-state index in [1.807, 2.05) is 0 Å². The molecular weight excluding hydrogens is 463 g/mol. The SMILES string of the molecule is CC(=O)[O-].CC(=O)[O-].CC(=O)[O-].CC(=O)[O-].[Pb+2].[SH4+2]. The Labute approximate surface area is 132 Å². The summed E-state index contributed by atoms with van der Waals surface area (Å²) in [6.45, 7) is 3.89. The first kappa shape index (κ1) is 36.0. The van der Waals surface area contributed by atoms with Gasteiger partial charge >= 0.3 is 27.3 Å². The van der Waals surface area contributed by atoms with Gasteiger partial charge in [-0.05, 0) is 27.7 Å². The molecular formula is C8H16O8PbS. The molecule has 10 heteroatoms. The van der Waals surface area contributed by atoms with Crippen molar-refractivity contribution in [1.82, 2.24) is 0 Å². The zero-order valence-corrected chi connectivity index (χ0v) is 15.8. The maximum atomic E-state index is 8.89. The van der Waals surface area contributed by atoms with Gasteiger partial charge in [0.25, 0.3) is 0 Å². The maximum Gasteiger partial charge on any atom is 2.00 e. The van der Waals surface area contributed by atoms with Gasteiger partial charge < -0.3 is 39.6 Å². The Balaban J connectivity index is -0.0000000257. The number of aliphatic carboxylic acids is 4. The monoisotopic (exact) mass is 480 g/mol. The Morgan fingerprint density at radius 1 is 0.556 bits per heavy atom. The third kappa shape index (κ3) is 4220. The second kappa shape index (κ2) is 29.8. The van der Waals surface area contributed by atoms with Crippen LogP contribution in [0.1, 0.15) is 27.7 Å². The zero-order valence-electron chi connectivity index (χ0n) is 10.5. The first-order valence-electron chi connectivity index (χ1n) is 3.63. The molecule has 0 rings (SSSR count). The van der Waals surface area contributed by atoms with E-state index in [1.165, 1.54) is 0 Å². The first-order valence-corrected chi connectivity index (χ1v) is 3.63. The van der Waals surface area contributed by atoms with E-state index in [0.29, 0.717) is 0 Å². The minimum Gasteiger partial charge on any atom is -0.550 e. The van der Waals surface area contributed by atoms with Crippen LogP contribution in [0, 0.1) is 0 Å². The molecule has 8 nitrogen and oxygen atoms in total. The number of carbonyl (C=O) groups is 4. The minimum absolute atomic E-state index is 0. The average Bonchev–Trinajstić information content (AvgIpc) is 1.76. The smallest absolute Gasteiger partial charge is 0.550 e. The second-order valence-electron chi connectivity index (χ2n) is 1.97. The molecule has 0 atom stereocenters. The average molecular weight is 479 g/mol. The Kier molecular flexibility index (Phi) is 59.6. The second-order valence-corrected chi connectivity index (χ2v) is 1.97. The largest absolute Gasteiger partial charge is 2.00 e. The van der Waals surface area contributed by atoms with E-state index in [9.17, 15) is 0 Å². The van der Waals surface area contributed by atoms with E-state index < -0.39 is 23.9 Å². The van der Waals surface area contributed by atoms with Gasteiger partial charge in [-0.3, -0.25) is 0 Å². The molecule has 106 valence electrons. The summed E-state index contributed by atoms with van der Waals surface area (Å²) < 4.78 is 0. The fourth-order valence-electron chi connectivity index (χ4n) is 0. The van der Waals surface area contributed by atoms with Crippen LogP contribution in [0.25, 0.3) is 0 Å². The Bertz CT molecular complexity index is 167. The summed E-state index contributed by atoms with van der Waals surface area (Å²) >= 11 is 0. The molecule has 2 radical (unpaired) electrons. The van der Waals surface area contributed by atoms with Crippen molar-refractivity contribution in [1.29, 1.82) is 0 Å². The topological polar surface area (TPSA) is 161 Å². The van der Waals surface area contributed by atoms with Crippen molar-refractivity contribution in [2.75, 3.05) is 0 Å². The summed E-state index contributed by atoms with van der Waals surface area (Å²) in [5, 5.41) is 35.6. The predicted octanol–water partition coefficient (Wildman–Crippen LogP) is -6.43. The molecule has 0 aliphatic rings. The van der Waals surface area contributed by atoms with Crippen molar-refractivity contribution in [2.45, 2.75) is 27.7 Å². The van der Waals surface area contributed by atoms with Gasteiger partial charge in [-0.25, -0.2) is 13.5 Å². The number of hydrogen-bond donors (Lipinski definition) is 0. The molecule has 0 amide bonds. The van der Waals surface area contributed by atoms with Gasteiger partial charge in [0.1, 0.15) is 0 Å². The van der Waals surface area contributed by atoms with Crippen LogP contribution in [0.5, 0.6) is 0 Å².